The highest BCUT2D eigenvalue weighted by atomic mass is 19.1. The molecule has 3 rings (SSSR count). The first-order valence-corrected chi connectivity index (χ1v) is 9.82. The topological polar surface area (TPSA) is 72.5 Å². The maximum absolute atomic E-state index is 13.7. The van der Waals surface area contributed by atoms with Crippen LogP contribution in [-0.4, -0.2) is 24.6 Å². The molecule has 3 aromatic rings. The van der Waals surface area contributed by atoms with Gasteiger partial charge < -0.3 is 20.1 Å². The molecule has 7 heteroatoms. The van der Waals surface area contributed by atoms with Crippen LogP contribution >= 0.6 is 0 Å². The summed E-state index contributed by atoms with van der Waals surface area (Å²) in [6, 6.07) is 15.4. The van der Waals surface area contributed by atoms with Crippen molar-refractivity contribution in [3.05, 3.63) is 83.8 Å². The zero-order valence-electron chi connectivity index (χ0n) is 17.4. The van der Waals surface area contributed by atoms with Gasteiger partial charge in [-0.05, 0) is 48.9 Å². The summed E-state index contributed by atoms with van der Waals surface area (Å²) in [5, 5.41) is 5.80. The molecule has 0 bridgehead atoms. The van der Waals surface area contributed by atoms with Crippen molar-refractivity contribution in [1.29, 1.82) is 0 Å². The summed E-state index contributed by atoms with van der Waals surface area (Å²) in [4.78, 5) is 16.4. The van der Waals surface area contributed by atoms with Crippen LogP contribution in [0.15, 0.2) is 66.9 Å². The number of hydrogen-bond donors (Lipinski definition) is 2. The van der Waals surface area contributed by atoms with Gasteiger partial charge in [0.1, 0.15) is 11.6 Å². The lowest BCUT2D eigenvalue weighted by molar-refractivity contribution is -0.111. The van der Waals surface area contributed by atoms with Crippen LogP contribution in [0.25, 0.3) is 6.08 Å². The molecule has 0 unspecified atom stereocenters. The number of hydrogen-bond acceptors (Lipinski definition) is 5. The molecule has 0 aliphatic rings. The first-order chi connectivity index (χ1) is 15.1. The van der Waals surface area contributed by atoms with E-state index in [4.69, 9.17) is 9.47 Å². The smallest absolute Gasteiger partial charge is 0.248 e. The number of ether oxygens (including phenoxy) is 2. The fourth-order valence-corrected chi connectivity index (χ4v) is 2.82. The summed E-state index contributed by atoms with van der Waals surface area (Å²) >= 11 is 0. The highest BCUT2D eigenvalue weighted by molar-refractivity contribution is 6.01. The van der Waals surface area contributed by atoms with E-state index in [0.29, 0.717) is 41.7 Å². The molecule has 2 N–H and O–H groups in total. The van der Waals surface area contributed by atoms with Gasteiger partial charge >= 0.3 is 0 Å². The van der Waals surface area contributed by atoms with Crippen LogP contribution in [0.5, 0.6) is 11.5 Å². The second-order valence-electron chi connectivity index (χ2n) is 6.54. The van der Waals surface area contributed by atoms with Gasteiger partial charge in [-0.2, -0.15) is 0 Å². The minimum absolute atomic E-state index is 0.268. The van der Waals surface area contributed by atoms with Gasteiger partial charge in [-0.3, -0.25) is 4.79 Å². The third kappa shape index (κ3) is 6.30. The molecular formula is C24H24FN3O3. The average molecular weight is 421 g/mol. The number of aromatic nitrogens is 1. The minimum atomic E-state index is -0.290. The van der Waals surface area contributed by atoms with Crippen LogP contribution in [-0.2, 0) is 11.3 Å². The van der Waals surface area contributed by atoms with E-state index < -0.39 is 0 Å². The number of benzene rings is 2. The molecule has 0 fully saturated rings. The van der Waals surface area contributed by atoms with E-state index >= 15 is 0 Å². The molecule has 31 heavy (non-hydrogen) atoms. The molecule has 0 spiro atoms. The number of nitrogens with one attached hydrogen (secondary N) is 2. The zero-order chi connectivity index (χ0) is 22.1. The van der Waals surface area contributed by atoms with Gasteiger partial charge in [0, 0.05) is 18.2 Å². The van der Waals surface area contributed by atoms with Gasteiger partial charge in [0.25, 0.3) is 0 Å². The summed E-state index contributed by atoms with van der Waals surface area (Å²) in [5.41, 5.74) is 1.91. The number of amides is 1. The molecule has 0 saturated carbocycles. The monoisotopic (exact) mass is 421 g/mol. The fourth-order valence-electron chi connectivity index (χ4n) is 2.82. The molecule has 1 heterocycles. The van der Waals surface area contributed by atoms with Crippen LogP contribution in [0.3, 0.4) is 0 Å². The predicted molar refractivity (Wildman–Crippen MR) is 120 cm³/mol. The summed E-state index contributed by atoms with van der Waals surface area (Å²) in [5.74, 6) is 1.28. The Labute approximate surface area is 180 Å². The Kier molecular flexibility index (Phi) is 7.59. The Balaban J connectivity index is 1.55. The molecular weight excluding hydrogens is 397 g/mol. The van der Waals surface area contributed by atoms with Crippen molar-refractivity contribution in [2.75, 3.05) is 24.4 Å². The Morgan fingerprint density at radius 2 is 1.97 bits per heavy atom. The molecule has 0 atom stereocenters. The van der Waals surface area contributed by atoms with Gasteiger partial charge in [0.15, 0.2) is 11.5 Å². The van der Waals surface area contributed by atoms with Crippen LogP contribution in [0.2, 0.25) is 0 Å². The van der Waals surface area contributed by atoms with Gasteiger partial charge in [0.2, 0.25) is 5.91 Å². The van der Waals surface area contributed by atoms with Crippen LogP contribution in [0.1, 0.15) is 18.1 Å². The molecule has 2 aromatic carbocycles. The maximum atomic E-state index is 13.7. The summed E-state index contributed by atoms with van der Waals surface area (Å²) < 4.78 is 24.5. The van der Waals surface area contributed by atoms with Crippen LogP contribution < -0.4 is 20.1 Å². The highest BCUT2D eigenvalue weighted by Crippen LogP contribution is 2.28. The Morgan fingerprint density at radius 1 is 1.13 bits per heavy atom. The number of carbonyl (C=O) groups is 1. The number of anilines is 2. The molecule has 160 valence electrons. The van der Waals surface area contributed by atoms with Crippen molar-refractivity contribution < 1.29 is 18.7 Å². The van der Waals surface area contributed by atoms with E-state index in [9.17, 15) is 9.18 Å². The van der Waals surface area contributed by atoms with Crippen molar-refractivity contribution in [1.82, 2.24) is 4.98 Å². The van der Waals surface area contributed by atoms with Gasteiger partial charge in [-0.25, -0.2) is 9.37 Å². The molecule has 6 nitrogen and oxygen atoms in total. The predicted octanol–water partition coefficient (Wildman–Crippen LogP) is 4.89. The SMILES string of the molecule is CCOc1ccc(/C=C/C(=O)Nc2ccc(NCc3ccccc3F)nc2)cc1OC. The number of pyridine rings is 1. The van der Waals surface area contributed by atoms with Gasteiger partial charge in [0.05, 0.1) is 25.6 Å². The van der Waals surface area contributed by atoms with Crippen molar-refractivity contribution in [3.8, 4) is 11.5 Å². The molecule has 0 aliphatic heterocycles. The number of carbonyl (C=O) groups excluding carboxylic acids is 1. The van der Waals surface area contributed by atoms with E-state index in [1.54, 1.807) is 55.7 Å². The molecule has 0 radical (unpaired) electrons. The lowest BCUT2D eigenvalue weighted by Gasteiger charge is -2.09. The normalized spacial score (nSPS) is 10.7. The summed E-state index contributed by atoms with van der Waals surface area (Å²) in [7, 11) is 1.57. The minimum Gasteiger partial charge on any atom is -0.493 e. The largest absolute Gasteiger partial charge is 0.493 e. The maximum Gasteiger partial charge on any atom is 0.248 e. The second-order valence-corrected chi connectivity index (χ2v) is 6.54. The number of methoxy groups -OCH3 is 1. The standard InChI is InChI=1S/C24H24FN3O3/c1-3-31-21-11-8-17(14-22(21)30-2)9-13-24(29)28-19-10-12-23(27-16-19)26-15-18-6-4-5-7-20(18)25/h4-14,16H,3,15H2,1-2H3,(H,26,27)(H,28,29)/b13-9+. The van der Waals surface area contributed by atoms with E-state index in [0.717, 1.165) is 5.56 Å². The average Bonchev–Trinajstić information content (AvgIpc) is 2.79. The Hall–Kier alpha value is -3.87. The van der Waals surface area contributed by atoms with Crippen molar-refractivity contribution >= 4 is 23.5 Å². The third-order valence-corrected chi connectivity index (χ3v) is 4.36. The first kappa shape index (κ1) is 21.8. The molecule has 1 amide bonds. The van der Waals surface area contributed by atoms with Crippen molar-refractivity contribution in [3.63, 3.8) is 0 Å². The van der Waals surface area contributed by atoms with Gasteiger partial charge in [-0.15, -0.1) is 0 Å². The number of rotatable bonds is 9. The van der Waals surface area contributed by atoms with Gasteiger partial charge in [-0.1, -0.05) is 24.3 Å². The first-order valence-electron chi connectivity index (χ1n) is 9.82. The number of nitrogens with zero attached hydrogens (tertiary/aromatic N) is 1. The zero-order valence-corrected chi connectivity index (χ0v) is 17.4. The lowest BCUT2D eigenvalue weighted by Crippen LogP contribution is -2.08. The Morgan fingerprint density at radius 3 is 2.68 bits per heavy atom. The van der Waals surface area contributed by atoms with Crippen molar-refractivity contribution in [2.24, 2.45) is 0 Å². The van der Waals surface area contributed by atoms with E-state index in [-0.39, 0.29) is 11.7 Å². The lowest BCUT2D eigenvalue weighted by atomic mass is 10.2. The molecule has 1 aromatic heterocycles. The van der Waals surface area contributed by atoms with E-state index in [1.807, 2.05) is 13.0 Å². The van der Waals surface area contributed by atoms with Crippen LogP contribution in [0.4, 0.5) is 15.9 Å². The Bertz CT molecular complexity index is 1050. The van der Waals surface area contributed by atoms with Crippen molar-refractivity contribution in [2.45, 2.75) is 13.5 Å². The number of halogens is 1. The third-order valence-electron chi connectivity index (χ3n) is 4.36. The highest BCUT2D eigenvalue weighted by Gasteiger charge is 2.05. The van der Waals surface area contributed by atoms with Crippen LogP contribution in [0, 0.1) is 5.82 Å². The summed E-state index contributed by atoms with van der Waals surface area (Å²) in [6.45, 7) is 2.76. The quantitative estimate of drug-likeness (QED) is 0.481. The summed E-state index contributed by atoms with van der Waals surface area (Å²) in [6.07, 6.45) is 4.65. The second kappa shape index (κ2) is 10.8. The fraction of sp³-hybridized carbons (Fsp3) is 0.167. The molecule has 0 saturated heterocycles. The van der Waals surface area contributed by atoms with E-state index in [2.05, 4.69) is 15.6 Å². The van der Waals surface area contributed by atoms with E-state index in [1.165, 1.54) is 18.3 Å². The molecule has 0 aliphatic carbocycles.